The van der Waals surface area contributed by atoms with Crippen molar-refractivity contribution in [1.29, 1.82) is 0 Å². The van der Waals surface area contributed by atoms with Crippen molar-refractivity contribution in [2.24, 2.45) is 5.92 Å². The standard InChI is InChI=1S/C37H51NO5SSi/c1-12-33(43-45(10,11)37(7,8)9)29(5)36(39)42-34(32-21-17-14-18-22-32)30(6)38(25-31-19-15-13-16-20-31)44(40,41)35-27(3)23-26(2)24-28(35)4/h12-24,29-30,33-34H,1,25H2,2-11H3/t29-,30+,33-,34+/m0/s1. The molecule has 3 aromatic rings. The lowest BCUT2D eigenvalue weighted by Crippen LogP contribution is -2.47. The lowest BCUT2D eigenvalue weighted by molar-refractivity contribution is -0.159. The number of ether oxygens (including phenoxy) is 1. The van der Waals surface area contributed by atoms with Gasteiger partial charge in [-0.3, -0.25) is 4.79 Å². The maximum atomic E-state index is 14.6. The fourth-order valence-electron chi connectivity index (χ4n) is 5.38. The Labute approximate surface area is 272 Å². The van der Waals surface area contributed by atoms with Crippen molar-refractivity contribution in [3.63, 3.8) is 0 Å². The number of hydrogen-bond donors (Lipinski definition) is 0. The number of benzene rings is 3. The molecule has 0 N–H and O–H groups in total. The first kappa shape index (κ1) is 36.4. The zero-order valence-corrected chi connectivity index (χ0v) is 30.4. The Morgan fingerprint density at radius 3 is 1.93 bits per heavy atom. The van der Waals surface area contributed by atoms with Crippen LogP contribution in [-0.4, -0.2) is 39.2 Å². The van der Waals surface area contributed by atoms with E-state index in [1.54, 1.807) is 13.0 Å². The van der Waals surface area contributed by atoms with E-state index in [-0.39, 0.29) is 16.5 Å². The zero-order chi connectivity index (χ0) is 33.7. The Kier molecular flexibility index (Phi) is 11.8. The Balaban J connectivity index is 2.09. The van der Waals surface area contributed by atoms with Crippen LogP contribution < -0.4 is 0 Å². The summed E-state index contributed by atoms with van der Waals surface area (Å²) in [6, 6.07) is 21.9. The molecule has 0 bridgehead atoms. The normalized spacial score (nSPS) is 15.3. The molecule has 45 heavy (non-hydrogen) atoms. The highest BCUT2D eigenvalue weighted by Gasteiger charge is 2.42. The number of sulfonamides is 1. The third kappa shape index (κ3) is 8.61. The molecular formula is C37H51NO5SSi. The molecule has 0 amide bonds. The molecular weight excluding hydrogens is 599 g/mol. The monoisotopic (exact) mass is 649 g/mol. The molecule has 8 heteroatoms. The second-order valence-corrected chi connectivity index (χ2v) is 20.2. The molecule has 0 aliphatic rings. The topological polar surface area (TPSA) is 72.9 Å². The molecule has 4 atom stereocenters. The van der Waals surface area contributed by atoms with E-state index in [1.807, 2.05) is 100 Å². The van der Waals surface area contributed by atoms with Crippen molar-refractivity contribution in [3.05, 3.63) is 113 Å². The average molecular weight is 650 g/mol. The number of carbonyl (C=O) groups excluding carboxylic acids is 1. The van der Waals surface area contributed by atoms with Crippen molar-refractivity contribution in [2.75, 3.05) is 0 Å². The second-order valence-electron chi connectivity index (χ2n) is 13.6. The molecule has 0 fully saturated rings. The molecule has 0 aromatic heterocycles. The number of nitrogens with zero attached hydrogens (tertiary/aromatic N) is 1. The molecule has 0 unspecified atom stereocenters. The highest BCUT2D eigenvalue weighted by molar-refractivity contribution is 7.89. The van der Waals surface area contributed by atoms with Crippen molar-refractivity contribution in [3.8, 4) is 0 Å². The van der Waals surface area contributed by atoms with Crippen LogP contribution in [0.3, 0.4) is 0 Å². The lowest BCUT2D eigenvalue weighted by atomic mass is 10.0. The fourth-order valence-corrected chi connectivity index (χ4v) is 8.75. The summed E-state index contributed by atoms with van der Waals surface area (Å²) < 4.78 is 43.7. The number of hydrogen-bond acceptors (Lipinski definition) is 5. The minimum atomic E-state index is -4.04. The highest BCUT2D eigenvalue weighted by atomic mass is 32.2. The first-order chi connectivity index (χ1) is 20.9. The molecule has 0 saturated heterocycles. The Morgan fingerprint density at radius 2 is 1.44 bits per heavy atom. The van der Waals surface area contributed by atoms with Gasteiger partial charge in [-0.15, -0.1) is 6.58 Å². The van der Waals surface area contributed by atoms with Gasteiger partial charge in [0.2, 0.25) is 10.0 Å². The van der Waals surface area contributed by atoms with E-state index in [2.05, 4.69) is 40.4 Å². The molecule has 6 nitrogen and oxygen atoms in total. The van der Waals surface area contributed by atoms with E-state index < -0.39 is 48.5 Å². The smallest absolute Gasteiger partial charge is 0.312 e. The summed E-state index contributed by atoms with van der Waals surface area (Å²) in [5, 5.41) is -0.0580. The van der Waals surface area contributed by atoms with Crippen LogP contribution in [-0.2, 0) is 30.5 Å². The molecule has 0 spiro atoms. The van der Waals surface area contributed by atoms with E-state index in [0.717, 1.165) is 11.1 Å². The molecule has 244 valence electrons. The Bertz CT molecular complexity index is 1540. The quantitative estimate of drug-likeness (QED) is 0.105. The fraction of sp³-hybridized carbons (Fsp3) is 0.432. The van der Waals surface area contributed by atoms with Gasteiger partial charge < -0.3 is 9.16 Å². The Morgan fingerprint density at radius 1 is 0.933 bits per heavy atom. The van der Waals surface area contributed by atoms with Gasteiger partial charge >= 0.3 is 5.97 Å². The van der Waals surface area contributed by atoms with Crippen molar-refractivity contribution in [2.45, 2.75) is 103 Å². The predicted molar refractivity (Wildman–Crippen MR) is 186 cm³/mol. The summed E-state index contributed by atoms with van der Waals surface area (Å²) in [7, 11) is -6.27. The number of esters is 1. The van der Waals surface area contributed by atoms with E-state index >= 15 is 0 Å². The van der Waals surface area contributed by atoms with Crippen LogP contribution in [0.15, 0.2) is 90.3 Å². The van der Waals surface area contributed by atoms with Crippen LogP contribution in [0.2, 0.25) is 18.1 Å². The van der Waals surface area contributed by atoms with Crippen LogP contribution in [0.1, 0.15) is 68.5 Å². The average Bonchev–Trinajstić information content (AvgIpc) is 2.96. The third-order valence-electron chi connectivity index (χ3n) is 8.95. The van der Waals surface area contributed by atoms with Gasteiger partial charge in [-0.25, -0.2) is 8.42 Å². The first-order valence-corrected chi connectivity index (χ1v) is 19.9. The van der Waals surface area contributed by atoms with Crippen LogP contribution in [0.25, 0.3) is 0 Å². The van der Waals surface area contributed by atoms with Crippen molar-refractivity contribution in [1.82, 2.24) is 4.31 Å². The van der Waals surface area contributed by atoms with E-state index in [1.165, 1.54) is 4.31 Å². The van der Waals surface area contributed by atoms with Gasteiger partial charge in [-0.2, -0.15) is 4.31 Å². The highest BCUT2D eigenvalue weighted by Crippen LogP contribution is 2.39. The van der Waals surface area contributed by atoms with Crippen LogP contribution in [0.5, 0.6) is 0 Å². The van der Waals surface area contributed by atoms with Gasteiger partial charge in [0.15, 0.2) is 8.32 Å². The number of rotatable bonds is 13. The minimum Gasteiger partial charge on any atom is -0.455 e. The maximum Gasteiger partial charge on any atom is 0.312 e. The summed E-state index contributed by atoms with van der Waals surface area (Å²) in [6.07, 6.45) is 0.235. The third-order valence-corrected chi connectivity index (χ3v) is 15.7. The van der Waals surface area contributed by atoms with Crippen LogP contribution in [0, 0.1) is 26.7 Å². The molecule has 3 aromatic carbocycles. The zero-order valence-electron chi connectivity index (χ0n) is 28.6. The summed E-state index contributed by atoms with van der Waals surface area (Å²) >= 11 is 0. The second kappa shape index (κ2) is 14.6. The van der Waals surface area contributed by atoms with Gasteiger partial charge in [0.25, 0.3) is 0 Å². The predicted octanol–water partition coefficient (Wildman–Crippen LogP) is 8.69. The van der Waals surface area contributed by atoms with Crippen molar-refractivity contribution < 1.29 is 22.4 Å². The summed E-state index contributed by atoms with van der Waals surface area (Å²) in [5.74, 6) is -1.13. The minimum absolute atomic E-state index is 0.0580. The molecule has 0 saturated carbocycles. The van der Waals surface area contributed by atoms with E-state index in [9.17, 15) is 13.2 Å². The summed E-state index contributed by atoms with van der Waals surface area (Å²) in [5.41, 5.74) is 3.88. The van der Waals surface area contributed by atoms with Gasteiger partial charge in [0.1, 0.15) is 6.10 Å². The molecule has 0 heterocycles. The largest absolute Gasteiger partial charge is 0.455 e. The van der Waals surface area contributed by atoms with Crippen LogP contribution >= 0.6 is 0 Å². The van der Waals surface area contributed by atoms with E-state index in [4.69, 9.17) is 9.16 Å². The molecule has 3 rings (SSSR count). The Hall–Kier alpha value is -3.04. The molecule has 0 aliphatic heterocycles. The lowest BCUT2D eigenvalue weighted by Gasteiger charge is -2.40. The first-order valence-electron chi connectivity index (χ1n) is 15.6. The maximum absolute atomic E-state index is 14.6. The summed E-state index contributed by atoms with van der Waals surface area (Å²) in [6.45, 7) is 24.0. The number of carbonyl (C=O) groups is 1. The van der Waals surface area contributed by atoms with Gasteiger partial charge in [0.05, 0.1) is 23.0 Å². The molecule has 0 radical (unpaired) electrons. The summed E-state index contributed by atoms with van der Waals surface area (Å²) in [4.78, 5) is 14.2. The van der Waals surface area contributed by atoms with Crippen molar-refractivity contribution >= 4 is 24.3 Å². The van der Waals surface area contributed by atoms with Gasteiger partial charge in [0, 0.05) is 6.54 Å². The number of aryl methyl sites for hydroxylation is 3. The van der Waals surface area contributed by atoms with E-state index in [0.29, 0.717) is 16.7 Å². The SMILES string of the molecule is C=C[C@H](O[Si](C)(C)C(C)(C)C)[C@H](C)C(=O)O[C@@H](c1ccccc1)[C@@H](C)N(Cc1ccccc1)S(=O)(=O)c1c(C)cc(C)cc1C. The van der Waals surface area contributed by atoms with Gasteiger partial charge in [-0.05, 0) is 75.0 Å². The van der Waals surface area contributed by atoms with Gasteiger partial charge in [-0.1, -0.05) is 105 Å². The van der Waals surface area contributed by atoms with Crippen LogP contribution in [0.4, 0.5) is 0 Å². The molecule has 0 aliphatic carbocycles.